The van der Waals surface area contributed by atoms with E-state index in [0.29, 0.717) is 24.6 Å². The maximum atomic E-state index is 14.2. The number of thiazole rings is 2. The number of aryl methyl sites for hydroxylation is 1. The summed E-state index contributed by atoms with van der Waals surface area (Å²) in [5.41, 5.74) is 0.968. The molecule has 14 nitrogen and oxygen atoms in total. The molecule has 4 rings (SSSR count). The number of hydrogen-bond acceptors (Lipinski definition) is 12. The van der Waals surface area contributed by atoms with Crippen LogP contribution in [0.1, 0.15) is 92.1 Å². The molecule has 3 amide bonds. The number of likely N-dealkylation sites (N-methyl/N-ethyl adjacent to an activating group) is 2. The summed E-state index contributed by atoms with van der Waals surface area (Å²) in [5.74, 6) is -3.12. The Morgan fingerprint density at radius 1 is 1.10 bits per heavy atom. The van der Waals surface area contributed by atoms with Crippen LogP contribution in [0.4, 0.5) is 0 Å². The van der Waals surface area contributed by atoms with E-state index in [1.54, 1.807) is 24.3 Å². The van der Waals surface area contributed by atoms with Crippen molar-refractivity contribution in [1.82, 2.24) is 30.4 Å². The molecule has 0 aromatic carbocycles. The molecule has 282 valence electrons. The van der Waals surface area contributed by atoms with Crippen molar-refractivity contribution in [3.05, 3.63) is 32.2 Å². The smallest absolute Gasteiger partial charge is 0.306 e. The van der Waals surface area contributed by atoms with Crippen LogP contribution in [0.2, 0.25) is 0 Å². The molecule has 1 saturated carbocycles. The summed E-state index contributed by atoms with van der Waals surface area (Å²) in [6.45, 7) is 10.2. The van der Waals surface area contributed by atoms with Gasteiger partial charge in [0, 0.05) is 61.9 Å². The molecule has 3 N–H and O–H groups in total. The van der Waals surface area contributed by atoms with Crippen molar-refractivity contribution in [2.75, 3.05) is 33.9 Å². The van der Waals surface area contributed by atoms with Crippen LogP contribution >= 0.6 is 22.7 Å². The molecule has 2 aliphatic rings. The molecule has 2 fully saturated rings. The van der Waals surface area contributed by atoms with Gasteiger partial charge in [-0.05, 0) is 45.1 Å². The lowest BCUT2D eigenvalue weighted by atomic mass is 9.78. The zero-order valence-corrected chi connectivity index (χ0v) is 32.2. The van der Waals surface area contributed by atoms with Gasteiger partial charge >= 0.3 is 11.9 Å². The number of amides is 3. The first-order valence-electron chi connectivity index (χ1n) is 17.6. The number of rotatable bonds is 17. The fourth-order valence-corrected chi connectivity index (χ4v) is 8.17. The highest BCUT2D eigenvalue weighted by Gasteiger charge is 2.40. The second-order valence-electron chi connectivity index (χ2n) is 14.1. The lowest BCUT2D eigenvalue weighted by molar-refractivity contribution is -0.149. The van der Waals surface area contributed by atoms with Gasteiger partial charge in [0.05, 0.1) is 24.1 Å². The summed E-state index contributed by atoms with van der Waals surface area (Å²) in [6.07, 6.45) is 2.63. The van der Waals surface area contributed by atoms with Crippen molar-refractivity contribution in [2.45, 2.75) is 103 Å². The van der Waals surface area contributed by atoms with E-state index in [2.05, 4.69) is 20.6 Å². The predicted octanol–water partition coefficient (Wildman–Crippen LogP) is 3.45. The molecule has 0 radical (unpaired) electrons. The molecule has 51 heavy (non-hydrogen) atoms. The molecular weight excluding hydrogens is 697 g/mol. The van der Waals surface area contributed by atoms with Crippen LogP contribution in [0.5, 0.6) is 0 Å². The average molecular weight is 749 g/mol. The van der Waals surface area contributed by atoms with Gasteiger partial charge in [-0.3, -0.25) is 28.9 Å². The summed E-state index contributed by atoms with van der Waals surface area (Å²) < 4.78 is 11.3. The maximum Gasteiger partial charge on any atom is 0.306 e. The Labute approximate surface area is 307 Å². The summed E-state index contributed by atoms with van der Waals surface area (Å²) in [6, 6.07) is -2.06. The Hall–Kier alpha value is -3.47. The first-order valence-corrected chi connectivity index (χ1v) is 19.3. The summed E-state index contributed by atoms with van der Waals surface area (Å²) >= 11 is 2.62. The Morgan fingerprint density at radius 2 is 1.82 bits per heavy atom. The van der Waals surface area contributed by atoms with Gasteiger partial charge in [0.1, 0.15) is 22.8 Å². The first-order chi connectivity index (χ1) is 24.1. The number of carboxylic acid groups (broad SMARTS) is 1. The number of nitrogens with zero attached hydrogens (tertiary/aromatic N) is 4. The van der Waals surface area contributed by atoms with Gasteiger partial charge in [-0.15, -0.1) is 22.7 Å². The molecule has 0 spiro atoms. The summed E-state index contributed by atoms with van der Waals surface area (Å²) in [7, 11) is 3.59. The fraction of sp³-hybridized carbons (Fsp3) is 0.686. The quantitative estimate of drug-likeness (QED) is 0.202. The molecule has 3 heterocycles. The Bertz CT molecular complexity index is 1530. The number of carboxylic acids is 1. The molecular formula is C35H52N6O8S2. The molecule has 0 unspecified atom stereocenters. The minimum Gasteiger partial charge on any atom is -0.481 e. The molecule has 0 bridgehead atoms. The van der Waals surface area contributed by atoms with Crippen LogP contribution in [-0.4, -0.2) is 113 Å². The highest BCUT2D eigenvalue weighted by Crippen LogP contribution is 2.34. The predicted molar refractivity (Wildman–Crippen MR) is 192 cm³/mol. The second-order valence-corrected chi connectivity index (χ2v) is 16.0. The molecule has 2 aromatic heterocycles. The Balaban J connectivity index is 1.50. The number of ether oxygens (including phenoxy) is 2. The topological polar surface area (TPSA) is 180 Å². The third kappa shape index (κ3) is 11.0. The molecule has 6 atom stereocenters. The third-order valence-electron chi connectivity index (χ3n) is 9.77. The van der Waals surface area contributed by atoms with Crippen molar-refractivity contribution in [3.8, 4) is 0 Å². The largest absolute Gasteiger partial charge is 0.481 e. The SMILES string of the molecule is CC(=O)O[C@H](C[C@H](C(C)C)N(C)C(=O)[C@@H](NC(=O)[C@H]1COCCN1C)C1CCC1)c1nc(C(=O)N[C@@H](Cc2nc(C)cs2)C[C@H](C)C(=O)O)cs1. The molecule has 1 saturated heterocycles. The minimum absolute atomic E-state index is 0.0257. The van der Waals surface area contributed by atoms with Gasteiger partial charge < -0.3 is 30.1 Å². The molecule has 16 heteroatoms. The zero-order chi connectivity index (χ0) is 37.4. The van der Waals surface area contributed by atoms with Crippen molar-refractivity contribution >= 4 is 52.3 Å². The lowest BCUT2D eigenvalue weighted by Crippen LogP contribution is -2.60. The van der Waals surface area contributed by atoms with E-state index in [9.17, 15) is 29.1 Å². The minimum atomic E-state index is -0.958. The number of nitrogens with one attached hydrogen (secondary N) is 2. The number of esters is 1. The normalized spacial score (nSPS) is 19.6. The molecule has 1 aliphatic heterocycles. The highest BCUT2D eigenvalue weighted by atomic mass is 32.1. The van der Waals surface area contributed by atoms with E-state index in [1.165, 1.54) is 29.6 Å². The van der Waals surface area contributed by atoms with E-state index in [1.807, 2.05) is 38.1 Å². The van der Waals surface area contributed by atoms with Crippen molar-refractivity contribution in [2.24, 2.45) is 17.8 Å². The van der Waals surface area contributed by atoms with Crippen LogP contribution in [0.15, 0.2) is 10.8 Å². The number of hydrogen-bond donors (Lipinski definition) is 3. The Kier molecular flexibility index (Phi) is 14.5. The number of aliphatic carboxylic acids is 1. The van der Waals surface area contributed by atoms with Gasteiger partial charge in [-0.25, -0.2) is 9.97 Å². The monoisotopic (exact) mass is 748 g/mol. The zero-order valence-electron chi connectivity index (χ0n) is 30.5. The van der Waals surface area contributed by atoms with E-state index >= 15 is 0 Å². The van der Waals surface area contributed by atoms with Crippen LogP contribution in [0.3, 0.4) is 0 Å². The fourth-order valence-electron chi connectivity index (χ4n) is 6.47. The van der Waals surface area contributed by atoms with Crippen LogP contribution < -0.4 is 10.6 Å². The van der Waals surface area contributed by atoms with Crippen LogP contribution in [0, 0.1) is 24.7 Å². The maximum absolute atomic E-state index is 14.2. The van der Waals surface area contributed by atoms with E-state index in [-0.39, 0.29) is 48.8 Å². The van der Waals surface area contributed by atoms with Gasteiger partial charge in [0.15, 0.2) is 6.10 Å². The van der Waals surface area contributed by atoms with Gasteiger partial charge in [0.2, 0.25) is 11.8 Å². The van der Waals surface area contributed by atoms with E-state index in [4.69, 9.17) is 9.47 Å². The molecule has 1 aliphatic carbocycles. The first kappa shape index (κ1) is 40.3. The average Bonchev–Trinajstić information content (AvgIpc) is 3.70. The highest BCUT2D eigenvalue weighted by molar-refractivity contribution is 7.10. The van der Waals surface area contributed by atoms with E-state index in [0.717, 1.165) is 30.0 Å². The lowest BCUT2D eigenvalue weighted by Gasteiger charge is -2.41. The number of aromatic nitrogens is 2. The van der Waals surface area contributed by atoms with E-state index < -0.39 is 54.0 Å². The molecule has 2 aromatic rings. The van der Waals surface area contributed by atoms with Crippen LogP contribution in [-0.2, 0) is 35.1 Å². The third-order valence-corrected chi connectivity index (χ3v) is 11.7. The van der Waals surface area contributed by atoms with Crippen LogP contribution in [0.25, 0.3) is 0 Å². The van der Waals surface area contributed by atoms with Crippen molar-refractivity contribution in [1.29, 1.82) is 0 Å². The standard InChI is InChI=1S/C35H52N6O8S2/c1-19(2)26(41(7)34(45)30(23-9-8-10-23)39-32(44)27-16-48-12-11-40(27)6)15-28(49-22(5)42)33-38-25(18-51-33)31(43)37-24(13-20(3)35(46)47)14-29-36-21(4)17-50-29/h17-20,23-24,26-28,30H,8-16H2,1-7H3,(H,37,43)(H,39,44)(H,46,47)/t20-,24+,26+,27+,28+,30-/m0/s1. The number of carbonyl (C=O) groups is 5. The Morgan fingerprint density at radius 3 is 2.39 bits per heavy atom. The summed E-state index contributed by atoms with van der Waals surface area (Å²) in [4.78, 5) is 77.5. The van der Waals surface area contributed by atoms with Gasteiger partial charge in [-0.1, -0.05) is 27.2 Å². The van der Waals surface area contributed by atoms with Gasteiger partial charge in [-0.2, -0.15) is 0 Å². The summed E-state index contributed by atoms with van der Waals surface area (Å²) in [5, 5.41) is 20.2. The second kappa shape index (κ2) is 18.3. The number of carbonyl (C=O) groups excluding carboxylic acids is 4. The van der Waals surface area contributed by atoms with Crippen molar-refractivity contribution < 1.29 is 38.6 Å². The van der Waals surface area contributed by atoms with Gasteiger partial charge in [0.25, 0.3) is 5.91 Å². The number of morpholine rings is 1. The van der Waals surface area contributed by atoms with Crippen molar-refractivity contribution in [3.63, 3.8) is 0 Å².